The molecule has 274 valence electrons. The van der Waals surface area contributed by atoms with Crippen molar-refractivity contribution < 1.29 is 11.3 Å². The predicted molar refractivity (Wildman–Crippen MR) is 237 cm³/mol. The van der Waals surface area contributed by atoms with Gasteiger partial charge in [-0.2, -0.15) is 0 Å². The number of rotatable bonds is 6. The Hall–Kier alpha value is -7.43. The molecule has 10 aromatic rings. The molecule has 0 fully saturated rings. The van der Waals surface area contributed by atoms with Crippen LogP contribution in [0.2, 0.25) is 0 Å². The quantitative estimate of drug-likeness (QED) is 0.170. The lowest BCUT2D eigenvalue weighted by Gasteiger charge is -2.21. The summed E-state index contributed by atoms with van der Waals surface area (Å²) in [5, 5.41) is 1.87. The molecule has 2 aromatic heterocycles. The third-order valence-electron chi connectivity index (χ3n) is 11.5. The van der Waals surface area contributed by atoms with Gasteiger partial charge in [-0.1, -0.05) is 184 Å². The van der Waals surface area contributed by atoms with E-state index in [0.29, 0.717) is 23.0 Å². The number of furan rings is 1. The minimum Gasteiger partial charge on any atom is -0.456 e. The van der Waals surface area contributed by atoms with Crippen LogP contribution in [0, 0.1) is 0 Å². The van der Waals surface area contributed by atoms with Crippen LogP contribution < -0.4 is 0 Å². The summed E-state index contributed by atoms with van der Waals surface area (Å²) in [4.78, 5) is 15.6. The van der Waals surface area contributed by atoms with E-state index in [4.69, 9.17) is 26.2 Å². The van der Waals surface area contributed by atoms with Gasteiger partial charge in [0.1, 0.15) is 11.2 Å². The SMILES string of the molecule is [2H]c1c([2H])c([2H])c(-c2ccc(-c3ccc(-c4ccc5oc6cccc(-c7nc(-c8ccccc8)nc(-c8cccc9c8-c8ccccc8C9(C)C)n7)c6c5c4)cc3)cc2)c([2H])c1[2H]. The highest BCUT2D eigenvalue weighted by molar-refractivity contribution is 6.13. The Labute approximate surface area is 344 Å². The van der Waals surface area contributed by atoms with Crippen LogP contribution in [0.3, 0.4) is 0 Å². The first-order chi connectivity index (χ1) is 30.6. The summed E-state index contributed by atoms with van der Waals surface area (Å²) in [6.07, 6.45) is 0. The van der Waals surface area contributed by atoms with Crippen LogP contribution in [0.4, 0.5) is 0 Å². The lowest BCUT2D eigenvalue weighted by molar-refractivity contribution is 0.660. The number of fused-ring (bicyclic) bond motifs is 6. The number of nitrogens with zero attached hydrogens (tertiary/aromatic N) is 3. The molecule has 0 saturated carbocycles. The van der Waals surface area contributed by atoms with Crippen LogP contribution in [0.25, 0.3) is 101 Å². The molecule has 58 heavy (non-hydrogen) atoms. The summed E-state index contributed by atoms with van der Waals surface area (Å²) >= 11 is 0. The van der Waals surface area contributed by atoms with Crippen molar-refractivity contribution in [3.8, 4) is 78.7 Å². The van der Waals surface area contributed by atoms with E-state index in [9.17, 15) is 0 Å². The normalized spacial score (nSPS) is 14.0. The van der Waals surface area contributed by atoms with Crippen molar-refractivity contribution in [1.29, 1.82) is 0 Å². The molecular formula is C54H37N3O. The van der Waals surface area contributed by atoms with Crippen LogP contribution in [0.15, 0.2) is 192 Å². The van der Waals surface area contributed by atoms with E-state index in [1.54, 1.807) is 12.1 Å². The fraction of sp³-hybridized carbons (Fsp3) is 0.0556. The summed E-state index contributed by atoms with van der Waals surface area (Å²) in [5.41, 5.74) is 13.6. The third kappa shape index (κ3) is 5.56. The van der Waals surface area contributed by atoms with E-state index in [-0.39, 0.29) is 35.1 Å². The second-order valence-corrected chi connectivity index (χ2v) is 15.2. The molecule has 0 bridgehead atoms. The van der Waals surface area contributed by atoms with Crippen LogP contribution in [0.1, 0.15) is 31.8 Å². The van der Waals surface area contributed by atoms with Gasteiger partial charge in [0.2, 0.25) is 0 Å². The highest BCUT2D eigenvalue weighted by Gasteiger charge is 2.37. The molecule has 0 N–H and O–H groups in total. The number of hydrogen-bond acceptors (Lipinski definition) is 4. The summed E-state index contributed by atoms with van der Waals surface area (Å²) < 4.78 is 47.4. The summed E-state index contributed by atoms with van der Waals surface area (Å²) in [5.74, 6) is 1.76. The molecule has 2 heterocycles. The average molecular weight is 749 g/mol. The lowest BCUT2D eigenvalue weighted by Crippen LogP contribution is -2.14. The van der Waals surface area contributed by atoms with E-state index in [1.807, 2.05) is 60.7 Å². The zero-order valence-electron chi connectivity index (χ0n) is 36.8. The third-order valence-corrected chi connectivity index (χ3v) is 11.5. The predicted octanol–water partition coefficient (Wildman–Crippen LogP) is 14.1. The lowest BCUT2D eigenvalue weighted by atomic mass is 9.82. The van der Waals surface area contributed by atoms with Crippen molar-refractivity contribution in [2.75, 3.05) is 0 Å². The van der Waals surface area contributed by atoms with E-state index in [2.05, 4.69) is 98.8 Å². The van der Waals surface area contributed by atoms with Gasteiger partial charge in [0, 0.05) is 32.9 Å². The average Bonchev–Trinajstić information content (AvgIpc) is 3.82. The maximum absolute atomic E-state index is 8.38. The van der Waals surface area contributed by atoms with Crippen molar-refractivity contribution >= 4 is 21.9 Å². The van der Waals surface area contributed by atoms with Gasteiger partial charge < -0.3 is 4.42 Å². The molecule has 0 atom stereocenters. The molecule has 4 heteroatoms. The van der Waals surface area contributed by atoms with Gasteiger partial charge in [-0.15, -0.1) is 0 Å². The zero-order chi connectivity index (χ0) is 43.1. The fourth-order valence-electron chi connectivity index (χ4n) is 8.55. The Bertz CT molecular complexity index is 3440. The highest BCUT2D eigenvalue weighted by atomic mass is 16.3. The van der Waals surface area contributed by atoms with Crippen molar-refractivity contribution in [2.45, 2.75) is 19.3 Å². The van der Waals surface area contributed by atoms with Gasteiger partial charge >= 0.3 is 0 Å². The Balaban J connectivity index is 0.995. The molecule has 1 aliphatic carbocycles. The molecular weight excluding hydrogens is 707 g/mol. The smallest absolute Gasteiger partial charge is 0.164 e. The van der Waals surface area contributed by atoms with Gasteiger partial charge in [-0.05, 0) is 73.8 Å². The van der Waals surface area contributed by atoms with Gasteiger partial charge in [0.05, 0.1) is 6.85 Å². The maximum Gasteiger partial charge on any atom is 0.164 e. The molecule has 4 nitrogen and oxygen atoms in total. The first kappa shape index (κ1) is 28.9. The highest BCUT2D eigenvalue weighted by Crippen LogP contribution is 2.52. The molecule has 11 rings (SSSR count). The minimum atomic E-state index is -0.401. The summed E-state index contributed by atoms with van der Waals surface area (Å²) in [7, 11) is 0. The van der Waals surface area contributed by atoms with E-state index < -0.39 is 6.04 Å². The first-order valence-corrected chi connectivity index (χ1v) is 19.4. The van der Waals surface area contributed by atoms with Crippen LogP contribution >= 0.6 is 0 Å². The molecule has 8 aromatic carbocycles. The molecule has 0 aliphatic heterocycles. The van der Waals surface area contributed by atoms with Gasteiger partial charge in [-0.3, -0.25) is 0 Å². The van der Waals surface area contributed by atoms with E-state index >= 15 is 0 Å². The Morgan fingerprint density at radius 1 is 0.431 bits per heavy atom. The van der Waals surface area contributed by atoms with E-state index in [1.165, 1.54) is 16.7 Å². The first-order valence-electron chi connectivity index (χ1n) is 21.9. The summed E-state index contributed by atoms with van der Waals surface area (Å²) in [6.45, 7) is 4.56. The van der Waals surface area contributed by atoms with E-state index in [0.717, 1.165) is 66.4 Å². The number of aromatic nitrogens is 3. The molecule has 0 radical (unpaired) electrons. The van der Waals surface area contributed by atoms with Crippen molar-refractivity contribution in [3.05, 3.63) is 199 Å². The van der Waals surface area contributed by atoms with Crippen LogP contribution in [-0.4, -0.2) is 15.0 Å². The molecule has 0 amide bonds. The standard InChI is InChI=1S/C54H37N3O/c1-54(2)45-20-10-9-17-41(45)49-42(18-11-21-46(49)54)52-55-51(39-15-7-4-8-16-39)56-53(57-52)43-19-12-22-48-50(43)44-33-40(31-32-47(44)58-48)38-29-27-37(28-30-38)36-25-23-35(24-26-36)34-13-5-3-6-14-34/h3-33H,1-2H3/i3D,5D,6D,13D,14D. The molecule has 0 saturated heterocycles. The Morgan fingerprint density at radius 2 is 0.983 bits per heavy atom. The Kier molecular flexibility index (Phi) is 6.66. The molecule has 0 unspecified atom stereocenters. The largest absolute Gasteiger partial charge is 0.456 e. The van der Waals surface area contributed by atoms with Crippen molar-refractivity contribution in [1.82, 2.24) is 15.0 Å². The topological polar surface area (TPSA) is 51.8 Å². The zero-order valence-corrected chi connectivity index (χ0v) is 31.8. The van der Waals surface area contributed by atoms with Crippen LogP contribution in [0.5, 0.6) is 0 Å². The van der Waals surface area contributed by atoms with Gasteiger partial charge in [0.25, 0.3) is 0 Å². The van der Waals surface area contributed by atoms with Crippen molar-refractivity contribution in [2.24, 2.45) is 0 Å². The number of hydrogen-bond donors (Lipinski definition) is 0. The Morgan fingerprint density at radius 3 is 1.72 bits per heavy atom. The van der Waals surface area contributed by atoms with Crippen molar-refractivity contribution in [3.63, 3.8) is 0 Å². The maximum atomic E-state index is 8.38. The molecule has 0 spiro atoms. The molecule has 1 aliphatic rings. The van der Waals surface area contributed by atoms with Gasteiger partial charge in [-0.25, -0.2) is 15.0 Å². The second-order valence-electron chi connectivity index (χ2n) is 15.2. The van der Waals surface area contributed by atoms with Gasteiger partial charge in [0.15, 0.2) is 17.5 Å². The summed E-state index contributed by atoms with van der Waals surface area (Å²) in [6, 6.07) is 51.6. The second kappa shape index (κ2) is 13.4. The minimum absolute atomic E-state index is 0.175. The monoisotopic (exact) mass is 748 g/mol. The fourth-order valence-corrected chi connectivity index (χ4v) is 8.55. The number of benzene rings is 8. The van der Waals surface area contributed by atoms with Crippen LogP contribution in [-0.2, 0) is 5.41 Å².